The zero-order valence-electron chi connectivity index (χ0n) is 13.0. The van der Waals surface area contributed by atoms with Crippen molar-refractivity contribution in [2.24, 2.45) is 17.6 Å². The van der Waals surface area contributed by atoms with Crippen molar-refractivity contribution in [2.45, 2.75) is 50.5 Å². The van der Waals surface area contributed by atoms with Crippen LogP contribution in [-0.2, 0) is 0 Å². The lowest BCUT2D eigenvalue weighted by atomic mass is 10.00. The Bertz CT molecular complexity index is 472. The third-order valence-electron chi connectivity index (χ3n) is 5.39. The van der Waals surface area contributed by atoms with E-state index < -0.39 is 0 Å². The molecule has 21 heavy (non-hydrogen) atoms. The van der Waals surface area contributed by atoms with Gasteiger partial charge in [-0.1, -0.05) is 24.3 Å². The minimum absolute atomic E-state index is 0.435. The summed E-state index contributed by atoms with van der Waals surface area (Å²) in [7, 11) is 0. The zero-order chi connectivity index (χ0) is 14.2. The number of rotatable bonds is 8. The molecule has 0 aromatic heterocycles. The summed E-state index contributed by atoms with van der Waals surface area (Å²) in [6.45, 7) is 3.30. The number of nitrogens with zero attached hydrogens (tertiary/aromatic N) is 1. The van der Waals surface area contributed by atoms with Crippen LogP contribution >= 0.6 is 0 Å². The Kier molecular flexibility index (Phi) is 3.76. The van der Waals surface area contributed by atoms with Gasteiger partial charge in [0.25, 0.3) is 0 Å². The average molecular weight is 284 g/mol. The lowest BCUT2D eigenvalue weighted by Crippen LogP contribution is -2.36. The summed E-state index contributed by atoms with van der Waals surface area (Å²) in [4.78, 5) is 2.71. The molecule has 1 aromatic rings. The molecular weight excluding hydrogens is 256 g/mol. The first-order chi connectivity index (χ1) is 10.3. The maximum Gasteiger partial charge on any atom is 0.0470 e. The highest BCUT2D eigenvalue weighted by molar-refractivity contribution is 5.31. The van der Waals surface area contributed by atoms with Crippen LogP contribution in [0, 0.1) is 11.8 Å². The molecule has 0 bridgehead atoms. The summed E-state index contributed by atoms with van der Waals surface area (Å²) < 4.78 is 0. The van der Waals surface area contributed by atoms with E-state index in [4.69, 9.17) is 5.73 Å². The minimum Gasteiger partial charge on any atom is -0.329 e. The average Bonchev–Trinajstić information content (AvgIpc) is 3.36. The van der Waals surface area contributed by atoms with Crippen LogP contribution in [0.15, 0.2) is 24.3 Å². The third-order valence-corrected chi connectivity index (χ3v) is 5.39. The fraction of sp³-hybridized carbons (Fsp3) is 0.684. The van der Waals surface area contributed by atoms with Crippen molar-refractivity contribution in [3.63, 3.8) is 0 Å². The Morgan fingerprint density at radius 2 is 1.67 bits per heavy atom. The van der Waals surface area contributed by atoms with E-state index in [2.05, 4.69) is 29.2 Å². The molecule has 0 saturated heterocycles. The molecule has 3 saturated carbocycles. The second-order valence-corrected chi connectivity index (χ2v) is 7.54. The van der Waals surface area contributed by atoms with E-state index in [0.717, 1.165) is 24.3 Å². The SMILES string of the molecule is NCC(c1cccc(C2CC2)c1)N(CC1CC1)CC1CC1. The van der Waals surface area contributed by atoms with Crippen LogP contribution in [0.5, 0.6) is 0 Å². The molecule has 0 spiro atoms. The summed E-state index contributed by atoms with van der Waals surface area (Å²) in [6.07, 6.45) is 8.48. The van der Waals surface area contributed by atoms with Crippen LogP contribution in [0.1, 0.15) is 61.6 Å². The van der Waals surface area contributed by atoms with Crippen molar-refractivity contribution in [3.8, 4) is 0 Å². The number of hydrogen-bond donors (Lipinski definition) is 1. The van der Waals surface area contributed by atoms with Crippen molar-refractivity contribution < 1.29 is 0 Å². The van der Waals surface area contributed by atoms with Gasteiger partial charge in [0.2, 0.25) is 0 Å². The standard InChI is InChI=1S/C19H28N2/c20-11-19(18-3-1-2-17(10-18)16-8-9-16)21(12-14-4-5-14)13-15-6-7-15/h1-3,10,14-16,19H,4-9,11-13,20H2. The molecular formula is C19H28N2. The van der Waals surface area contributed by atoms with Crippen molar-refractivity contribution in [1.82, 2.24) is 4.90 Å². The van der Waals surface area contributed by atoms with E-state index in [1.165, 1.54) is 57.2 Å². The molecule has 2 heteroatoms. The molecule has 3 aliphatic carbocycles. The van der Waals surface area contributed by atoms with Crippen molar-refractivity contribution in [3.05, 3.63) is 35.4 Å². The molecule has 0 aliphatic heterocycles. The molecule has 0 amide bonds. The van der Waals surface area contributed by atoms with Crippen molar-refractivity contribution in [2.75, 3.05) is 19.6 Å². The third kappa shape index (κ3) is 3.49. The molecule has 0 heterocycles. The second kappa shape index (κ2) is 5.73. The zero-order valence-corrected chi connectivity index (χ0v) is 13.0. The molecule has 114 valence electrons. The van der Waals surface area contributed by atoms with Gasteiger partial charge in [0.1, 0.15) is 0 Å². The van der Waals surface area contributed by atoms with Crippen LogP contribution in [0.2, 0.25) is 0 Å². The Labute approximate surface area is 128 Å². The van der Waals surface area contributed by atoms with E-state index in [9.17, 15) is 0 Å². The van der Waals surface area contributed by atoms with Gasteiger partial charge in [-0.3, -0.25) is 4.90 Å². The van der Waals surface area contributed by atoms with Crippen LogP contribution < -0.4 is 5.73 Å². The maximum atomic E-state index is 6.20. The van der Waals surface area contributed by atoms with Gasteiger partial charge in [0.15, 0.2) is 0 Å². The first-order valence-corrected chi connectivity index (χ1v) is 8.87. The summed E-state index contributed by atoms with van der Waals surface area (Å²) in [5.74, 6) is 2.73. The summed E-state index contributed by atoms with van der Waals surface area (Å²) in [5.41, 5.74) is 9.20. The van der Waals surface area contributed by atoms with Gasteiger partial charge in [-0.2, -0.15) is 0 Å². The number of benzene rings is 1. The van der Waals surface area contributed by atoms with E-state index in [1.54, 1.807) is 5.56 Å². The highest BCUT2D eigenvalue weighted by Gasteiger charge is 2.33. The van der Waals surface area contributed by atoms with E-state index in [-0.39, 0.29) is 0 Å². The minimum atomic E-state index is 0.435. The fourth-order valence-corrected chi connectivity index (χ4v) is 3.53. The van der Waals surface area contributed by atoms with Gasteiger partial charge >= 0.3 is 0 Å². The van der Waals surface area contributed by atoms with Gasteiger partial charge in [0, 0.05) is 25.7 Å². The monoisotopic (exact) mass is 284 g/mol. The van der Waals surface area contributed by atoms with Gasteiger partial charge in [-0.25, -0.2) is 0 Å². The molecule has 0 radical (unpaired) electrons. The first kappa shape index (κ1) is 13.8. The topological polar surface area (TPSA) is 29.3 Å². The fourth-order valence-electron chi connectivity index (χ4n) is 3.53. The maximum absolute atomic E-state index is 6.20. The number of nitrogens with two attached hydrogens (primary N) is 1. The normalized spacial score (nSPS) is 23.5. The van der Waals surface area contributed by atoms with Crippen LogP contribution in [-0.4, -0.2) is 24.5 Å². The summed E-state index contributed by atoms with van der Waals surface area (Å²) in [6, 6.07) is 9.74. The van der Waals surface area contributed by atoms with Gasteiger partial charge in [-0.15, -0.1) is 0 Å². The summed E-state index contributed by atoms with van der Waals surface area (Å²) >= 11 is 0. The van der Waals surface area contributed by atoms with E-state index >= 15 is 0 Å². The first-order valence-electron chi connectivity index (χ1n) is 8.87. The summed E-state index contributed by atoms with van der Waals surface area (Å²) in [5, 5.41) is 0. The smallest absolute Gasteiger partial charge is 0.0470 e. The Hall–Kier alpha value is -0.860. The largest absolute Gasteiger partial charge is 0.329 e. The van der Waals surface area contributed by atoms with Gasteiger partial charge in [0.05, 0.1) is 0 Å². The predicted octanol–water partition coefficient (Wildman–Crippen LogP) is 3.69. The number of hydrogen-bond acceptors (Lipinski definition) is 2. The lowest BCUT2D eigenvalue weighted by Gasteiger charge is -2.32. The quantitative estimate of drug-likeness (QED) is 0.789. The molecule has 3 aliphatic rings. The highest BCUT2D eigenvalue weighted by Crippen LogP contribution is 2.41. The highest BCUT2D eigenvalue weighted by atomic mass is 15.2. The molecule has 4 rings (SSSR count). The second-order valence-electron chi connectivity index (χ2n) is 7.54. The Morgan fingerprint density at radius 3 is 2.19 bits per heavy atom. The molecule has 1 atom stereocenters. The van der Waals surface area contributed by atoms with Crippen molar-refractivity contribution >= 4 is 0 Å². The molecule has 1 unspecified atom stereocenters. The molecule has 2 N–H and O–H groups in total. The molecule has 3 fully saturated rings. The molecule has 2 nitrogen and oxygen atoms in total. The van der Waals surface area contributed by atoms with E-state index in [0.29, 0.717) is 6.04 Å². The van der Waals surface area contributed by atoms with Crippen LogP contribution in [0.4, 0.5) is 0 Å². The lowest BCUT2D eigenvalue weighted by molar-refractivity contribution is 0.185. The Morgan fingerprint density at radius 1 is 1.00 bits per heavy atom. The van der Waals surface area contributed by atoms with Crippen molar-refractivity contribution in [1.29, 1.82) is 0 Å². The van der Waals surface area contributed by atoms with Gasteiger partial charge < -0.3 is 5.73 Å². The predicted molar refractivity (Wildman–Crippen MR) is 87.2 cm³/mol. The van der Waals surface area contributed by atoms with Crippen LogP contribution in [0.3, 0.4) is 0 Å². The van der Waals surface area contributed by atoms with Gasteiger partial charge in [-0.05, 0) is 67.4 Å². The van der Waals surface area contributed by atoms with Crippen LogP contribution in [0.25, 0.3) is 0 Å². The van der Waals surface area contributed by atoms with E-state index in [1.807, 2.05) is 0 Å². The molecule has 1 aromatic carbocycles. The Balaban J connectivity index is 1.53.